The Kier molecular flexibility index (Phi) is 10.1. The van der Waals surface area contributed by atoms with E-state index in [4.69, 9.17) is 13.9 Å². The molecule has 0 radical (unpaired) electrons. The molecule has 2 unspecified atom stereocenters. The first-order chi connectivity index (χ1) is 22.6. The summed E-state index contributed by atoms with van der Waals surface area (Å²) in [4.78, 5) is 18.7. The minimum absolute atomic E-state index is 0.0290. The Hall–Kier alpha value is -3.23. The van der Waals surface area contributed by atoms with E-state index in [-0.39, 0.29) is 39.8 Å². The zero-order valence-electron chi connectivity index (χ0n) is 26.9. The third-order valence-electron chi connectivity index (χ3n) is 10.2. The van der Waals surface area contributed by atoms with E-state index >= 15 is 0 Å². The molecule has 0 bridgehead atoms. The van der Waals surface area contributed by atoms with Gasteiger partial charge < -0.3 is 44.5 Å². The predicted octanol–water partition coefficient (Wildman–Crippen LogP) is 2.80. The Morgan fingerprint density at radius 3 is 2.04 bits per heavy atom. The molecule has 2 aromatic carbocycles. The Morgan fingerprint density at radius 2 is 1.45 bits per heavy atom. The van der Waals surface area contributed by atoms with Crippen LogP contribution in [0.2, 0.25) is 0 Å². The van der Waals surface area contributed by atoms with Crippen LogP contribution in [0.25, 0.3) is 22.1 Å². The highest BCUT2D eigenvalue weighted by Gasteiger charge is 2.44. The molecule has 4 heterocycles. The number of nitrogens with zero attached hydrogens (tertiary/aromatic N) is 2. The highest BCUT2D eigenvalue weighted by atomic mass is 16.7. The van der Waals surface area contributed by atoms with Crippen molar-refractivity contribution in [1.29, 1.82) is 0 Å². The Morgan fingerprint density at radius 1 is 0.830 bits per heavy atom. The molecule has 7 atom stereocenters. The number of likely N-dealkylation sites (tertiary alicyclic amines) is 2. The highest BCUT2D eigenvalue weighted by molar-refractivity contribution is 5.92. The van der Waals surface area contributed by atoms with Crippen molar-refractivity contribution in [2.24, 2.45) is 0 Å². The fourth-order valence-electron chi connectivity index (χ4n) is 7.16. The normalized spacial score (nSPS) is 29.3. The molecule has 1 aromatic heterocycles. The van der Waals surface area contributed by atoms with Crippen molar-refractivity contribution in [3.8, 4) is 28.4 Å². The highest BCUT2D eigenvalue weighted by Crippen LogP contribution is 2.42. The zero-order valence-corrected chi connectivity index (χ0v) is 26.9. The van der Waals surface area contributed by atoms with E-state index in [9.17, 15) is 35.4 Å². The molecule has 3 saturated heterocycles. The average Bonchev–Trinajstić information content (AvgIpc) is 3.07. The van der Waals surface area contributed by atoms with Crippen LogP contribution in [0, 0.1) is 0 Å². The van der Waals surface area contributed by atoms with Crippen LogP contribution in [-0.4, -0.2) is 103 Å². The van der Waals surface area contributed by atoms with Crippen molar-refractivity contribution < 1.29 is 44.5 Å². The second-order valence-corrected chi connectivity index (χ2v) is 13.3. The van der Waals surface area contributed by atoms with Crippen molar-refractivity contribution >= 4 is 11.0 Å². The number of rotatable bonds is 8. The van der Waals surface area contributed by atoms with E-state index in [0.29, 0.717) is 35.8 Å². The number of aliphatic hydroxyl groups excluding tert-OH is 4. The molecule has 0 aliphatic carbocycles. The van der Waals surface area contributed by atoms with Crippen LogP contribution in [0.15, 0.2) is 39.7 Å². The van der Waals surface area contributed by atoms with Gasteiger partial charge in [0.2, 0.25) is 11.7 Å². The monoisotopic (exact) mass is 654 g/mol. The topological polar surface area (TPSA) is 177 Å². The summed E-state index contributed by atoms with van der Waals surface area (Å²) in [5.74, 6) is -0.0630. The lowest BCUT2D eigenvalue weighted by molar-refractivity contribution is -0.277. The van der Waals surface area contributed by atoms with Gasteiger partial charge in [-0.15, -0.1) is 0 Å². The van der Waals surface area contributed by atoms with Crippen molar-refractivity contribution in [2.75, 3.05) is 19.7 Å². The number of hydrogen-bond acceptors (Lipinski definition) is 12. The minimum Gasteiger partial charge on any atom is -0.507 e. The Labute approximate surface area is 273 Å². The van der Waals surface area contributed by atoms with Gasteiger partial charge in [0.25, 0.3) is 0 Å². The predicted molar refractivity (Wildman–Crippen MR) is 173 cm³/mol. The summed E-state index contributed by atoms with van der Waals surface area (Å²) in [6.07, 6.45) is 0.634. The largest absolute Gasteiger partial charge is 0.507 e. The van der Waals surface area contributed by atoms with Crippen LogP contribution >= 0.6 is 0 Å². The summed E-state index contributed by atoms with van der Waals surface area (Å²) < 4.78 is 17.2. The van der Waals surface area contributed by atoms with Crippen molar-refractivity contribution in [1.82, 2.24) is 9.80 Å². The van der Waals surface area contributed by atoms with E-state index in [0.717, 1.165) is 51.6 Å². The number of aromatic hydroxyl groups is 2. The molecule has 3 fully saturated rings. The minimum atomic E-state index is -1.58. The molecule has 0 saturated carbocycles. The van der Waals surface area contributed by atoms with Gasteiger partial charge in [-0.3, -0.25) is 14.6 Å². The van der Waals surface area contributed by atoms with Crippen LogP contribution in [0.4, 0.5) is 0 Å². The number of aliphatic hydroxyl groups is 4. The molecule has 6 N–H and O–H groups in total. The standard InChI is InChI=1S/C35H46N2O10/c1-19-7-3-5-13-36(19)15-23-28(39)24(16-37-14-6-4-8-20(37)2)34-27(29(23)40)30(41)25(18-45-34)21-9-11-22(12-10-21)46-35-33(44)32(43)31(42)26(17-38)47-35/h9-12,18-20,26,31-33,35,38-40,42-44H,3-8,13-17H2,1-2H3/t19?,20?,26-,31-,32+,33-,35-/m1/s1. The van der Waals surface area contributed by atoms with Gasteiger partial charge in [-0.25, -0.2) is 0 Å². The zero-order chi connectivity index (χ0) is 33.4. The molecule has 3 aromatic rings. The summed E-state index contributed by atoms with van der Waals surface area (Å²) >= 11 is 0. The number of phenolic OH excluding ortho intramolecular Hbond substituents is 2. The first-order valence-corrected chi connectivity index (χ1v) is 16.7. The van der Waals surface area contributed by atoms with Gasteiger partial charge in [-0.2, -0.15) is 0 Å². The van der Waals surface area contributed by atoms with Gasteiger partial charge in [0.05, 0.1) is 23.3 Å². The maximum Gasteiger partial charge on any atom is 0.229 e. The van der Waals surface area contributed by atoms with Crippen LogP contribution in [-0.2, 0) is 17.8 Å². The lowest BCUT2D eigenvalue weighted by atomic mass is 9.96. The van der Waals surface area contributed by atoms with E-state index in [1.807, 2.05) is 0 Å². The average molecular weight is 655 g/mol. The first-order valence-electron chi connectivity index (χ1n) is 16.7. The molecule has 3 aliphatic heterocycles. The van der Waals surface area contributed by atoms with Crippen LogP contribution < -0.4 is 10.2 Å². The summed E-state index contributed by atoms with van der Waals surface area (Å²) in [7, 11) is 0. The lowest BCUT2D eigenvalue weighted by Gasteiger charge is -2.39. The first kappa shape index (κ1) is 33.7. The van der Waals surface area contributed by atoms with Gasteiger partial charge >= 0.3 is 0 Å². The molecule has 6 rings (SSSR count). The van der Waals surface area contributed by atoms with Crippen LogP contribution in [0.5, 0.6) is 17.2 Å². The third kappa shape index (κ3) is 6.60. The summed E-state index contributed by atoms with van der Waals surface area (Å²) in [6.45, 7) is 6.12. The van der Waals surface area contributed by atoms with E-state index in [2.05, 4.69) is 23.6 Å². The molecular formula is C35H46N2O10. The van der Waals surface area contributed by atoms with Gasteiger partial charge in [-0.1, -0.05) is 25.0 Å². The summed E-state index contributed by atoms with van der Waals surface area (Å²) in [5, 5.41) is 63.3. The molecule has 0 spiro atoms. The number of ether oxygens (including phenoxy) is 2. The van der Waals surface area contributed by atoms with Gasteiger partial charge in [-0.05, 0) is 70.3 Å². The second-order valence-electron chi connectivity index (χ2n) is 13.3. The van der Waals surface area contributed by atoms with Gasteiger partial charge in [0.15, 0.2) is 0 Å². The van der Waals surface area contributed by atoms with Crippen molar-refractivity contribution in [3.63, 3.8) is 0 Å². The Bertz CT molecular complexity index is 1610. The van der Waals surface area contributed by atoms with Crippen LogP contribution in [0.3, 0.4) is 0 Å². The summed E-state index contributed by atoms with van der Waals surface area (Å²) in [6, 6.07) is 6.89. The Balaban J connectivity index is 1.36. The fourth-order valence-corrected chi connectivity index (χ4v) is 7.16. The lowest BCUT2D eigenvalue weighted by Crippen LogP contribution is -2.60. The second kappa shape index (κ2) is 14.1. The molecule has 256 valence electrons. The molecule has 47 heavy (non-hydrogen) atoms. The molecular weight excluding hydrogens is 608 g/mol. The van der Waals surface area contributed by atoms with Crippen molar-refractivity contribution in [3.05, 3.63) is 51.9 Å². The van der Waals surface area contributed by atoms with Gasteiger partial charge in [0, 0.05) is 25.2 Å². The summed E-state index contributed by atoms with van der Waals surface area (Å²) in [5.41, 5.74) is 1.24. The maximum atomic E-state index is 14.2. The number of piperidine rings is 2. The number of fused-ring (bicyclic) bond motifs is 1. The van der Waals surface area contributed by atoms with Crippen molar-refractivity contribution in [2.45, 2.75) is 108 Å². The number of phenols is 2. The number of hydrogen-bond donors (Lipinski definition) is 6. The van der Waals surface area contributed by atoms with Gasteiger partial charge in [0.1, 0.15) is 58.9 Å². The van der Waals surface area contributed by atoms with E-state index in [1.165, 1.54) is 6.26 Å². The molecule has 12 heteroatoms. The fraction of sp³-hybridized carbons (Fsp3) is 0.571. The van der Waals surface area contributed by atoms with E-state index < -0.39 is 42.7 Å². The maximum absolute atomic E-state index is 14.2. The molecule has 0 amide bonds. The third-order valence-corrected chi connectivity index (χ3v) is 10.2. The molecule has 3 aliphatic rings. The molecule has 12 nitrogen and oxygen atoms in total. The SMILES string of the molecule is CC1CCCCN1Cc1c(O)c(CN2CCCCC2C)c2occ(-c3ccc(O[C@@H]4O[C@H](CO)[C@@H](O)[C@H](O)[C@H]4O)cc3)c(=O)c2c1O. The van der Waals surface area contributed by atoms with E-state index in [1.54, 1.807) is 24.3 Å². The van der Waals surface area contributed by atoms with Crippen LogP contribution in [0.1, 0.15) is 63.5 Å². The number of benzene rings is 2. The quantitative estimate of drug-likeness (QED) is 0.210. The smallest absolute Gasteiger partial charge is 0.229 e.